The minimum atomic E-state index is -0.261. The molecule has 6 heteroatoms. The summed E-state index contributed by atoms with van der Waals surface area (Å²) in [5, 5.41) is 3.12. The molecule has 0 radical (unpaired) electrons. The third-order valence-corrected chi connectivity index (χ3v) is 5.06. The number of hydrazine groups is 1. The first-order chi connectivity index (χ1) is 12.2. The van der Waals surface area contributed by atoms with E-state index in [1.165, 1.54) is 0 Å². The lowest BCUT2D eigenvalue weighted by Crippen LogP contribution is -2.39. The molecule has 1 amide bonds. The minimum absolute atomic E-state index is 0.00570. The Balaban J connectivity index is 1.67. The molecule has 0 aromatic heterocycles. The summed E-state index contributed by atoms with van der Waals surface area (Å²) < 4.78 is 10.6. The summed E-state index contributed by atoms with van der Waals surface area (Å²) in [4.78, 5) is 12.4. The fraction of sp³-hybridized carbons (Fsp3) is 0.316. The Kier molecular flexibility index (Phi) is 4.07. The lowest BCUT2D eigenvalue weighted by Gasteiger charge is -2.24. The molecule has 6 nitrogen and oxygen atoms in total. The summed E-state index contributed by atoms with van der Waals surface area (Å²) in [6, 6.07) is 15.5. The Morgan fingerprint density at radius 2 is 1.52 bits per heavy atom. The number of hydrogen-bond acceptors (Lipinski definition) is 5. The van der Waals surface area contributed by atoms with E-state index in [0.29, 0.717) is 0 Å². The van der Waals surface area contributed by atoms with E-state index in [2.05, 4.69) is 22.2 Å². The smallest absolute Gasteiger partial charge is 0.239 e. The molecule has 130 valence electrons. The summed E-state index contributed by atoms with van der Waals surface area (Å²) in [5.41, 5.74) is 8.60. The molecule has 25 heavy (non-hydrogen) atoms. The van der Waals surface area contributed by atoms with Gasteiger partial charge in [0.15, 0.2) is 0 Å². The number of amides is 1. The van der Waals surface area contributed by atoms with E-state index in [-0.39, 0.29) is 30.0 Å². The first-order valence-corrected chi connectivity index (χ1v) is 8.30. The summed E-state index contributed by atoms with van der Waals surface area (Å²) >= 11 is 0. The van der Waals surface area contributed by atoms with Crippen LogP contribution in [0, 0.1) is 5.92 Å². The number of fused-ring (bicyclic) bond motifs is 1. The predicted molar refractivity (Wildman–Crippen MR) is 93.2 cm³/mol. The van der Waals surface area contributed by atoms with E-state index >= 15 is 0 Å². The van der Waals surface area contributed by atoms with Crippen LogP contribution in [0.15, 0.2) is 48.5 Å². The molecular formula is C19H21N3O3. The number of rotatable bonds is 4. The number of methoxy groups -OCH3 is 2. The lowest BCUT2D eigenvalue weighted by molar-refractivity contribution is -0.121. The molecule has 2 aliphatic heterocycles. The molecule has 2 fully saturated rings. The molecule has 4 atom stereocenters. The van der Waals surface area contributed by atoms with E-state index in [1.54, 1.807) is 14.2 Å². The van der Waals surface area contributed by atoms with E-state index in [9.17, 15) is 4.79 Å². The van der Waals surface area contributed by atoms with Crippen LogP contribution in [0.1, 0.15) is 23.2 Å². The highest BCUT2D eigenvalue weighted by atomic mass is 16.5. The van der Waals surface area contributed by atoms with Crippen LogP contribution in [0.4, 0.5) is 0 Å². The molecule has 2 aromatic carbocycles. The van der Waals surface area contributed by atoms with Crippen molar-refractivity contribution >= 4 is 5.91 Å². The van der Waals surface area contributed by atoms with Crippen molar-refractivity contribution in [2.45, 2.75) is 18.1 Å². The third kappa shape index (κ3) is 2.73. The number of ether oxygens (including phenoxy) is 2. The first kappa shape index (κ1) is 15.9. The molecule has 3 N–H and O–H groups in total. The second-order valence-corrected chi connectivity index (χ2v) is 6.36. The second kappa shape index (κ2) is 6.38. The number of hydrogen-bond donors (Lipinski definition) is 3. The van der Waals surface area contributed by atoms with Gasteiger partial charge >= 0.3 is 0 Å². The zero-order valence-corrected chi connectivity index (χ0v) is 14.2. The zero-order valence-electron chi connectivity index (χ0n) is 14.2. The van der Waals surface area contributed by atoms with Crippen LogP contribution in [-0.2, 0) is 4.79 Å². The molecule has 0 bridgehead atoms. The Morgan fingerprint density at radius 1 is 0.800 bits per heavy atom. The summed E-state index contributed by atoms with van der Waals surface area (Å²) in [6.07, 6.45) is 0. The van der Waals surface area contributed by atoms with Gasteiger partial charge in [0, 0.05) is 5.92 Å². The van der Waals surface area contributed by atoms with Crippen LogP contribution in [0.2, 0.25) is 0 Å². The van der Waals surface area contributed by atoms with Crippen LogP contribution in [-0.4, -0.2) is 26.2 Å². The predicted octanol–water partition coefficient (Wildman–Crippen LogP) is 1.71. The molecule has 0 saturated carbocycles. The average Bonchev–Trinajstić information content (AvgIpc) is 3.23. The quantitative estimate of drug-likeness (QED) is 0.791. The minimum Gasteiger partial charge on any atom is -0.497 e. The first-order valence-electron chi connectivity index (χ1n) is 8.30. The van der Waals surface area contributed by atoms with E-state index < -0.39 is 0 Å². The fourth-order valence-electron chi connectivity index (χ4n) is 3.79. The highest BCUT2D eigenvalue weighted by Gasteiger charge is 2.51. The summed E-state index contributed by atoms with van der Waals surface area (Å²) in [6.45, 7) is 0. The topological polar surface area (TPSA) is 71.6 Å². The van der Waals surface area contributed by atoms with E-state index in [1.807, 2.05) is 42.5 Å². The fourth-order valence-corrected chi connectivity index (χ4v) is 3.79. The van der Waals surface area contributed by atoms with Crippen LogP contribution >= 0.6 is 0 Å². The number of carbonyl (C=O) groups is 1. The molecule has 2 aliphatic rings. The SMILES string of the molecule is COc1ccc(C2NC(=O)C3NNC(c4cccc(OC)c4)C32)cc1. The van der Waals surface area contributed by atoms with Crippen LogP contribution in [0.5, 0.6) is 11.5 Å². The highest BCUT2D eigenvalue weighted by molar-refractivity contribution is 5.86. The standard InChI is InChI=1S/C19H21N3O3/c1-24-13-8-6-11(7-9-13)16-15-17(21-22-18(15)19(23)20-16)12-4-3-5-14(10-12)25-2/h3-10,15-18,21-22H,1-2H3,(H,20,23). The summed E-state index contributed by atoms with van der Waals surface area (Å²) in [5.74, 6) is 1.69. The monoisotopic (exact) mass is 339 g/mol. The van der Waals surface area contributed by atoms with Crippen molar-refractivity contribution in [2.75, 3.05) is 14.2 Å². The van der Waals surface area contributed by atoms with Gasteiger partial charge in [-0.3, -0.25) is 4.79 Å². The maximum Gasteiger partial charge on any atom is 0.239 e. The van der Waals surface area contributed by atoms with Gasteiger partial charge in [-0.05, 0) is 35.4 Å². The number of benzene rings is 2. The van der Waals surface area contributed by atoms with Crippen molar-refractivity contribution in [3.8, 4) is 11.5 Å². The lowest BCUT2D eigenvalue weighted by atomic mass is 9.83. The number of carbonyl (C=O) groups excluding carboxylic acids is 1. The van der Waals surface area contributed by atoms with Gasteiger partial charge in [0.25, 0.3) is 0 Å². The maximum absolute atomic E-state index is 12.4. The number of nitrogens with one attached hydrogen (secondary N) is 3. The van der Waals surface area contributed by atoms with Crippen molar-refractivity contribution in [3.63, 3.8) is 0 Å². The van der Waals surface area contributed by atoms with E-state index in [0.717, 1.165) is 22.6 Å². The van der Waals surface area contributed by atoms with Crippen molar-refractivity contribution < 1.29 is 14.3 Å². The maximum atomic E-state index is 12.4. The van der Waals surface area contributed by atoms with Gasteiger partial charge in [-0.2, -0.15) is 0 Å². The van der Waals surface area contributed by atoms with Crippen LogP contribution in [0.25, 0.3) is 0 Å². The molecule has 0 spiro atoms. The zero-order chi connectivity index (χ0) is 17.4. The van der Waals surface area contributed by atoms with Gasteiger partial charge in [0.2, 0.25) is 5.91 Å². The molecule has 4 unspecified atom stereocenters. The Labute approximate surface area is 146 Å². The largest absolute Gasteiger partial charge is 0.497 e. The van der Waals surface area contributed by atoms with Gasteiger partial charge in [-0.25, -0.2) is 10.9 Å². The summed E-state index contributed by atoms with van der Waals surface area (Å²) in [7, 11) is 3.30. The van der Waals surface area contributed by atoms with Crippen LogP contribution < -0.4 is 25.6 Å². The highest BCUT2D eigenvalue weighted by Crippen LogP contribution is 2.42. The van der Waals surface area contributed by atoms with Crippen molar-refractivity contribution in [2.24, 2.45) is 5.92 Å². The van der Waals surface area contributed by atoms with Gasteiger partial charge in [-0.15, -0.1) is 0 Å². The second-order valence-electron chi connectivity index (χ2n) is 6.36. The van der Waals surface area contributed by atoms with Gasteiger partial charge in [-0.1, -0.05) is 24.3 Å². The third-order valence-electron chi connectivity index (χ3n) is 5.06. The van der Waals surface area contributed by atoms with Gasteiger partial charge < -0.3 is 14.8 Å². The molecule has 2 aromatic rings. The molecule has 0 aliphatic carbocycles. The van der Waals surface area contributed by atoms with Gasteiger partial charge in [0.1, 0.15) is 17.5 Å². The van der Waals surface area contributed by atoms with Crippen molar-refractivity contribution in [3.05, 3.63) is 59.7 Å². The van der Waals surface area contributed by atoms with Crippen molar-refractivity contribution in [1.82, 2.24) is 16.2 Å². The molecule has 2 heterocycles. The van der Waals surface area contributed by atoms with E-state index in [4.69, 9.17) is 9.47 Å². The normalized spacial score (nSPS) is 27.7. The molecule has 4 rings (SSSR count). The average molecular weight is 339 g/mol. The molecular weight excluding hydrogens is 318 g/mol. The Hall–Kier alpha value is -2.57. The Bertz CT molecular complexity index is 778. The van der Waals surface area contributed by atoms with Crippen molar-refractivity contribution in [1.29, 1.82) is 0 Å². The Morgan fingerprint density at radius 3 is 2.24 bits per heavy atom. The van der Waals surface area contributed by atoms with Crippen LogP contribution in [0.3, 0.4) is 0 Å². The van der Waals surface area contributed by atoms with Gasteiger partial charge in [0.05, 0.1) is 26.3 Å². The molecule has 2 saturated heterocycles.